The second kappa shape index (κ2) is 11.1. The number of hydrazone groups is 1. The van der Waals surface area contributed by atoms with Gasteiger partial charge in [-0.15, -0.1) is 0 Å². The summed E-state index contributed by atoms with van der Waals surface area (Å²) >= 11 is 0. The molecular formula is C24H22N4O4. The van der Waals surface area contributed by atoms with Crippen LogP contribution in [0.2, 0.25) is 0 Å². The van der Waals surface area contributed by atoms with Crippen molar-refractivity contribution in [1.29, 1.82) is 0 Å². The number of esters is 1. The number of anilines is 2. The lowest BCUT2D eigenvalue weighted by molar-refractivity contribution is -0.119. The molecule has 0 unspecified atom stereocenters. The number of hydrogen-bond acceptors (Lipinski definition) is 5. The number of benzene rings is 3. The average Bonchev–Trinajstić information content (AvgIpc) is 2.80. The van der Waals surface area contributed by atoms with Gasteiger partial charge in [-0.2, -0.15) is 5.10 Å². The molecule has 0 atom stereocenters. The number of aryl methyl sites for hydroxylation is 1. The van der Waals surface area contributed by atoms with Gasteiger partial charge in [0.2, 0.25) is 0 Å². The van der Waals surface area contributed by atoms with Gasteiger partial charge in [-0.3, -0.25) is 4.79 Å². The van der Waals surface area contributed by atoms with E-state index in [1.165, 1.54) is 6.21 Å². The van der Waals surface area contributed by atoms with E-state index in [4.69, 9.17) is 4.74 Å². The third kappa shape index (κ3) is 7.10. The predicted octanol–water partition coefficient (Wildman–Crippen LogP) is 3.95. The molecule has 3 amide bonds. The van der Waals surface area contributed by atoms with Crippen molar-refractivity contribution in [2.75, 3.05) is 17.2 Å². The zero-order valence-electron chi connectivity index (χ0n) is 17.4. The lowest BCUT2D eigenvalue weighted by Crippen LogP contribution is -2.24. The third-order valence-electron chi connectivity index (χ3n) is 4.23. The molecule has 3 aromatic rings. The summed E-state index contributed by atoms with van der Waals surface area (Å²) in [7, 11) is 0. The Kier molecular flexibility index (Phi) is 7.69. The molecule has 0 spiro atoms. The number of urea groups is 1. The van der Waals surface area contributed by atoms with Gasteiger partial charge in [-0.25, -0.2) is 15.0 Å². The van der Waals surface area contributed by atoms with Gasteiger partial charge in [0.15, 0.2) is 6.61 Å². The Morgan fingerprint density at radius 1 is 0.844 bits per heavy atom. The summed E-state index contributed by atoms with van der Waals surface area (Å²) in [6.45, 7) is 1.56. The quantitative estimate of drug-likeness (QED) is 0.300. The van der Waals surface area contributed by atoms with Crippen molar-refractivity contribution < 1.29 is 19.1 Å². The molecule has 0 saturated heterocycles. The summed E-state index contributed by atoms with van der Waals surface area (Å²) in [6.07, 6.45) is 1.44. The molecule has 3 rings (SSSR count). The van der Waals surface area contributed by atoms with Crippen LogP contribution in [0.25, 0.3) is 0 Å². The lowest BCUT2D eigenvalue weighted by Gasteiger charge is -2.07. The van der Waals surface area contributed by atoms with Crippen molar-refractivity contribution >= 4 is 35.5 Å². The SMILES string of the molecule is Cc1ccc(NC(=O)COC(=O)c2ccc(/C=N/NC(=O)Nc3ccccc3)cc2)cc1. The minimum absolute atomic E-state index is 0.292. The molecule has 3 N–H and O–H groups in total. The first-order valence-corrected chi connectivity index (χ1v) is 9.78. The first kappa shape index (κ1) is 22.2. The van der Waals surface area contributed by atoms with E-state index in [-0.39, 0.29) is 0 Å². The van der Waals surface area contributed by atoms with Crippen LogP contribution in [-0.2, 0) is 9.53 Å². The fourth-order valence-electron chi connectivity index (χ4n) is 2.60. The molecule has 0 aliphatic heterocycles. The highest BCUT2D eigenvalue weighted by molar-refractivity contribution is 5.96. The zero-order chi connectivity index (χ0) is 22.8. The van der Waals surface area contributed by atoms with Crippen LogP contribution in [0.1, 0.15) is 21.5 Å². The van der Waals surface area contributed by atoms with Crippen LogP contribution >= 0.6 is 0 Å². The second-order valence-corrected chi connectivity index (χ2v) is 6.80. The van der Waals surface area contributed by atoms with Gasteiger partial charge in [0.05, 0.1) is 11.8 Å². The van der Waals surface area contributed by atoms with Crippen molar-refractivity contribution in [2.45, 2.75) is 6.92 Å². The smallest absolute Gasteiger partial charge is 0.339 e. The Hall–Kier alpha value is -4.46. The molecule has 0 aromatic heterocycles. The molecule has 8 heteroatoms. The summed E-state index contributed by atoms with van der Waals surface area (Å²) in [4.78, 5) is 35.8. The predicted molar refractivity (Wildman–Crippen MR) is 123 cm³/mol. The monoisotopic (exact) mass is 430 g/mol. The van der Waals surface area contributed by atoms with Gasteiger partial charge in [-0.05, 0) is 48.9 Å². The number of hydrogen-bond donors (Lipinski definition) is 3. The number of nitrogens with zero attached hydrogens (tertiary/aromatic N) is 1. The number of rotatable bonds is 7. The molecule has 8 nitrogen and oxygen atoms in total. The van der Waals surface area contributed by atoms with Crippen LogP contribution in [0.4, 0.5) is 16.2 Å². The van der Waals surface area contributed by atoms with E-state index in [2.05, 4.69) is 21.2 Å². The highest BCUT2D eigenvalue weighted by atomic mass is 16.5. The Morgan fingerprint density at radius 3 is 2.19 bits per heavy atom. The van der Waals surface area contributed by atoms with E-state index in [0.717, 1.165) is 5.56 Å². The third-order valence-corrected chi connectivity index (χ3v) is 4.23. The van der Waals surface area contributed by atoms with E-state index >= 15 is 0 Å². The van der Waals surface area contributed by atoms with E-state index < -0.39 is 24.5 Å². The molecular weight excluding hydrogens is 408 g/mol. The van der Waals surface area contributed by atoms with Gasteiger partial charge in [0, 0.05) is 11.4 Å². The van der Waals surface area contributed by atoms with Crippen molar-refractivity contribution in [3.8, 4) is 0 Å². The van der Waals surface area contributed by atoms with E-state index in [1.54, 1.807) is 48.5 Å². The molecule has 0 heterocycles. The number of para-hydroxylation sites is 1. The first-order chi connectivity index (χ1) is 15.5. The van der Waals surface area contributed by atoms with E-state index in [0.29, 0.717) is 22.5 Å². The topological polar surface area (TPSA) is 109 Å². The number of carbonyl (C=O) groups is 3. The standard InChI is InChI=1S/C24H22N4O4/c1-17-7-13-21(14-8-17)26-22(29)16-32-23(30)19-11-9-18(10-12-19)15-25-28-24(31)27-20-5-3-2-4-6-20/h2-15H,16H2,1H3,(H,26,29)(H2,27,28,31)/b25-15+. The average molecular weight is 430 g/mol. The van der Waals surface area contributed by atoms with Gasteiger partial charge in [0.25, 0.3) is 5.91 Å². The van der Waals surface area contributed by atoms with Crippen LogP contribution < -0.4 is 16.1 Å². The number of ether oxygens (including phenoxy) is 1. The van der Waals surface area contributed by atoms with Gasteiger partial charge < -0.3 is 15.4 Å². The van der Waals surface area contributed by atoms with Crippen molar-refractivity contribution in [1.82, 2.24) is 5.43 Å². The summed E-state index contributed by atoms with van der Waals surface area (Å²) in [5.74, 6) is -1.04. The highest BCUT2D eigenvalue weighted by Gasteiger charge is 2.10. The molecule has 0 saturated carbocycles. The van der Waals surface area contributed by atoms with Crippen LogP contribution in [0.15, 0.2) is 84.0 Å². The van der Waals surface area contributed by atoms with Gasteiger partial charge in [-0.1, -0.05) is 48.0 Å². The lowest BCUT2D eigenvalue weighted by atomic mass is 10.1. The second-order valence-electron chi connectivity index (χ2n) is 6.80. The van der Waals surface area contributed by atoms with Crippen LogP contribution in [0, 0.1) is 6.92 Å². The maximum absolute atomic E-state index is 12.1. The van der Waals surface area contributed by atoms with Crippen molar-refractivity contribution in [3.05, 3.63) is 95.6 Å². The molecule has 0 bridgehead atoms. The molecule has 162 valence electrons. The first-order valence-electron chi connectivity index (χ1n) is 9.78. The number of carbonyl (C=O) groups excluding carboxylic acids is 3. The number of nitrogens with one attached hydrogen (secondary N) is 3. The maximum Gasteiger partial charge on any atom is 0.339 e. The summed E-state index contributed by atoms with van der Waals surface area (Å²) in [5, 5.41) is 9.16. The summed E-state index contributed by atoms with van der Waals surface area (Å²) in [5.41, 5.74) is 5.67. The van der Waals surface area contributed by atoms with Crippen molar-refractivity contribution in [3.63, 3.8) is 0 Å². The largest absolute Gasteiger partial charge is 0.452 e. The Bertz CT molecular complexity index is 1100. The number of amides is 3. The maximum atomic E-state index is 12.1. The van der Waals surface area contributed by atoms with Crippen LogP contribution in [0.5, 0.6) is 0 Å². The minimum atomic E-state index is -0.618. The molecule has 0 radical (unpaired) electrons. The fraction of sp³-hybridized carbons (Fsp3) is 0.0833. The minimum Gasteiger partial charge on any atom is -0.452 e. The van der Waals surface area contributed by atoms with Crippen molar-refractivity contribution in [2.24, 2.45) is 5.10 Å². The summed E-state index contributed by atoms with van der Waals surface area (Å²) in [6, 6.07) is 22.2. The molecule has 0 fully saturated rings. The Morgan fingerprint density at radius 2 is 1.50 bits per heavy atom. The summed E-state index contributed by atoms with van der Waals surface area (Å²) < 4.78 is 5.04. The van der Waals surface area contributed by atoms with E-state index in [1.807, 2.05) is 37.3 Å². The molecule has 32 heavy (non-hydrogen) atoms. The Labute approximate surface area is 185 Å². The zero-order valence-corrected chi connectivity index (χ0v) is 17.4. The normalized spacial score (nSPS) is 10.4. The van der Waals surface area contributed by atoms with Crippen LogP contribution in [-0.4, -0.2) is 30.7 Å². The van der Waals surface area contributed by atoms with Gasteiger partial charge in [0.1, 0.15) is 0 Å². The Balaban J connectivity index is 1.43. The molecule has 3 aromatic carbocycles. The van der Waals surface area contributed by atoms with Gasteiger partial charge >= 0.3 is 12.0 Å². The van der Waals surface area contributed by atoms with Crippen LogP contribution in [0.3, 0.4) is 0 Å². The van der Waals surface area contributed by atoms with E-state index in [9.17, 15) is 14.4 Å². The fourth-order valence-corrected chi connectivity index (χ4v) is 2.60. The highest BCUT2D eigenvalue weighted by Crippen LogP contribution is 2.09. The molecule has 0 aliphatic rings. The molecule has 0 aliphatic carbocycles.